The molecular weight excluding hydrogens is 259 g/mol. The summed E-state index contributed by atoms with van der Waals surface area (Å²) in [6.45, 7) is 0. The molecular formula is H9HgN3O. The Morgan fingerprint density at radius 1 is 0.800 bits per heavy atom. The Kier molecular flexibility index (Phi) is 1460. The molecule has 0 saturated heterocycles. The van der Waals surface area contributed by atoms with Crippen LogP contribution in [0.5, 0.6) is 0 Å². The summed E-state index contributed by atoms with van der Waals surface area (Å²) in [5.74, 6) is 0. The van der Waals surface area contributed by atoms with Gasteiger partial charge in [-0.3, -0.25) is 0 Å². The van der Waals surface area contributed by atoms with Crippen molar-refractivity contribution in [3.05, 3.63) is 0 Å². The van der Waals surface area contributed by atoms with Crippen LogP contribution < -0.4 is 18.5 Å². The fraction of sp³-hybridized carbons (Fsp3) is 0. The van der Waals surface area contributed by atoms with E-state index < -0.39 is 0 Å². The molecule has 0 rings (SSSR count). The van der Waals surface area contributed by atoms with Gasteiger partial charge in [0.1, 0.15) is 0 Å². The van der Waals surface area contributed by atoms with Crippen molar-refractivity contribution in [2.45, 2.75) is 0 Å². The second-order valence-electron chi connectivity index (χ2n) is 0. The van der Waals surface area contributed by atoms with Gasteiger partial charge in [0.05, 0.1) is 0 Å². The first-order valence-electron chi connectivity index (χ1n) is 0.289. The third kappa shape index (κ3) is 83.4. The Hall–Kier alpha value is 0.615. The zero-order valence-electron chi connectivity index (χ0n) is 3.24. The number of rotatable bonds is 0. The molecule has 0 radical (unpaired) electrons. The molecule has 0 saturated carbocycles. The first-order chi connectivity index (χ1) is 1.00. The molecule has 4 nitrogen and oxygen atoms in total. The first kappa shape index (κ1) is 45.8. The molecule has 0 unspecified atom stereocenters. The van der Waals surface area contributed by atoms with Crippen molar-refractivity contribution in [2.24, 2.45) is 0 Å². The molecule has 0 aliphatic rings. The van der Waals surface area contributed by atoms with Gasteiger partial charge in [0, 0.05) is 0 Å². The molecule has 5 heteroatoms. The van der Waals surface area contributed by atoms with E-state index in [-0.39, 0.29) is 44.6 Å². The molecule has 0 atom stereocenters. The van der Waals surface area contributed by atoms with E-state index in [1.54, 1.807) is 0 Å². The van der Waals surface area contributed by atoms with Crippen LogP contribution in [0.15, 0.2) is 0 Å². The number of hydrogen-bond donors (Lipinski definition) is 3. The van der Waals surface area contributed by atoms with Crippen molar-refractivity contribution in [3.8, 4) is 0 Å². The normalized spacial score (nSPS) is 1.20. The van der Waals surface area contributed by atoms with Crippen LogP contribution in [0.1, 0.15) is 0 Å². The molecule has 5 heavy (non-hydrogen) atoms. The standard InChI is InChI=1S/Hg.3H3N.O/h;3*1H3;. The average molecular weight is 268 g/mol. The molecule has 9 N–H and O–H groups in total. The second kappa shape index (κ2) is 159. The second-order valence-corrected chi connectivity index (χ2v) is 0. The summed E-state index contributed by atoms with van der Waals surface area (Å²) in [5, 5.41) is 0. The Balaban J connectivity index is -0.00000000167. The third-order valence-corrected chi connectivity index (χ3v) is 0. The third-order valence-electron chi connectivity index (χ3n) is 0. The van der Waals surface area contributed by atoms with Crippen molar-refractivity contribution in [1.82, 2.24) is 18.5 Å². The van der Waals surface area contributed by atoms with Crippen LogP contribution in [0.4, 0.5) is 0 Å². The topological polar surface area (TPSA) is 122 Å². The molecule has 32 valence electrons. The summed E-state index contributed by atoms with van der Waals surface area (Å²) >= 11 is -0.222. The zero-order valence-corrected chi connectivity index (χ0v) is 8.73. The van der Waals surface area contributed by atoms with Gasteiger partial charge >= 0.3 is 28.8 Å². The monoisotopic (exact) mass is 269 g/mol. The van der Waals surface area contributed by atoms with E-state index in [2.05, 4.69) is 0 Å². The van der Waals surface area contributed by atoms with Crippen molar-refractivity contribution in [2.75, 3.05) is 0 Å². The van der Waals surface area contributed by atoms with Crippen molar-refractivity contribution in [1.29, 1.82) is 0 Å². The van der Waals surface area contributed by atoms with Gasteiger partial charge in [-0.2, -0.15) is 0 Å². The molecule has 0 heterocycles. The predicted octanol–water partition coefficient (Wildman–Crippen LogP) is 0.365. The summed E-state index contributed by atoms with van der Waals surface area (Å²) < 4.78 is 8.44. The van der Waals surface area contributed by atoms with Gasteiger partial charge in [0.2, 0.25) is 0 Å². The van der Waals surface area contributed by atoms with Gasteiger partial charge in [0.25, 0.3) is 0 Å². The molecule has 0 aliphatic heterocycles. The molecule has 0 fully saturated rings. The van der Waals surface area contributed by atoms with E-state index in [1.807, 2.05) is 0 Å². The van der Waals surface area contributed by atoms with Crippen LogP contribution in [0.3, 0.4) is 0 Å². The van der Waals surface area contributed by atoms with Crippen molar-refractivity contribution >= 4 is 0 Å². The van der Waals surface area contributed by atoms with Gasteiger partial charge < -0.3 is 18.5 Å². The van der Waals surface area contributed by atoms with Crippen LogP contribution in [-0.4, -0.2) is 0 Å². The summed E-state index contributed by atoms with van der Waals surface area (Å²) in [7, 11) is 0. The molecule has 0 amide bonds. The van der Waals surface area contributed by atoms with E-state index in [4.69, 9.17) is 2.64 Å². The fourth-order valence-corrected chi connectivity index (χ4v) is 0. The van der Waals surface area contributed by atoms with Crippen LogP contribution in [0.2, 0.25) is 0 Å². The van der Waals surface area contributed by atoms with Crippen LogP contribution in [-0.2, 0) is 28.8 Å². The van der Waals surface area contributed by atoms with Crippen LogP contribution >= 0.6 is 0 Å². The molecule has 0 aliphatic carbocycles. The van der Waals surface area contributed by atoms with E-state index in [9.17, 15) is 0 Å². The Morgan fingerprint density at radius 2 is 0.800 bits per heavy atom. The molecule has 0 aromatic heterocycles. The van der Waals surface area contributed by atoms with Crippen LogP contribution in [0, 0.1) is 0 Å². The predicted molar refractivity (Wildman–Crippen MR) is 15.8 cm³/mol. The Morgan fingerprint density at radius 3 is 0.800 bits per heavy atom. The van der Waals surface area contributed by atoms with Crippen LogP contribution in [0.25, 0.3) is 0 Å². The zero-order chi connectivity index (χ0) is 2.00. The van der Waals surface area contributed by atoms with Gasteiger partial charge in [-0.1, -0.05) is 0 Å². The molecule has 0 aromatic carbocycles. The van der Waals surface area contributed by atoms with Crippen molar-refractivity contribution < 1.29 is 28.8 Å². The quantitative estimate of drug-likeness (QED) is 0.549. The van der Waals surface area contributed by atoms with E-state index >= 15 is 0 Å². The number of hydrogen-bond acceptors (Lipinski definition) is 4. The summed E-state index contributed by atoms with van der Waals surface area (Å²) in [6, 6.07) is 0. The van der Waals surface area contributed by atoms with Gasteiger partial charge in [-0.25, -0.2) is 0 Å². The fourth-order valence-electron chi connectivity index (χ4n) is 0. The van der Waals surface area contributed by atoms with E-state index in [1.165, 1.54) is 0 Å². The summed E-state index contributed by atoms with van der Waals surface area (Å²) in [5.41, 5.74) is 0. The van der Waals surface area contributed by atoms with Gasteiger partial charge in [0.15, 0.2) is 0 Å². The molecule has 0 aromatic rings. The summed E-state index contributed by atoms with van der Waals surface area (Å²) in [6.07, 6.45) is 0. The minimum absolute atomic E-state index is 0. The molecule has 0 spiro atoms. The SMILES string of the molecule is N.N.N.[O]=[Hg]. The van der Waals surface area contributed by atoms with E-state index in [0.29, 0.717) is 0 Å². The Bertz CT molecular complexity index is 6.85. The Labute approximate surface area is 47.5 Å². The minimum atomic E-state index is -0.222. The van der Waals surface area contributed by atoms with Gasteiger partial charge in [-0.15, -0.1) is 0 Å². The van der Waals surface area contributed by atoms with Gasteiger partial charge in [-0.05, 0) is 0 Å². The average Bonchev–Trinajstić information content (AvgIpc) is 1.00. The maximum atomic E-state index is 8.44. The van der Waals surface area contributed by atoms with Crippen molar-refractivity contribution in [3.63, 3.8) is 0 Å². The summed E-state index contributed by atoms with van der Waals surface area (Å²) in [4.78, 5) is 0. The first-order valence-corrected chi connectivity index (χ1v) is 2.53. The maximum absolute atomic E-state index is 8.44. The van der Waals surface area contributed by atoms with E-state index in [0.717, 1.165) is 0 Å². The molecule has 0 bridgehead atoms.